The first-order valence-corrected chi connectivity index (χ1v) is 30.8. The maximum absolute atomic E-state index is 15.8. The monoisotopic (exact) mass is 1100 g/mol. The quantitative estimate of drug-likeness (QED) is 0.0457. The number of hydrogen-bond donors (Lipinski definition) is 0. The van der Waals surface area contributed by atoms with Crippen LogP contribution in [-0.4, -0.2) is 34.7 Å². The fraction of sp³-hybridized carbons (Fsp3) is 0.607. The highest BCUT2D eigenvalue weighted by Gasteiger charge is 2.50. The van der Waals surface area contributed by atoms with Gasteiger partial charge in [-0.05, 0) is 131 Å². The molecule has 2 aliphatic heterocycles. The molecule has 2 amide bonds. The smallest absolute Gasteiger partial charge is 0.261 e. The van der Waals surface area contributed by atoms with Crippen molar-refractivity contribution >= 4 is 100 Å². The zero-order valence-electron chi connectivity index (χ0n) is 41.1. The molecule has 4 aromatic rings. The number of thiophene rings is 4. The molecule has 0 aromatic carbocycles. The predicted molar refractivity (Wildman–Crippen MR) is 298 cm³/mol. The minimum atomic E-state index is 0.0284. The van der Waals surface area contributed by atoms with Gasteiger partial charge in [0, 0.05) is 32.6 Å². The standard InChI is InChI=1S/C56H78Br2N2O2S4/c1-7-11-15-19-21-25-29-41(27-23-17-13-9-3)37-59-51(45-35-39(5)53(65-45)43-31-33-47(57)63-43)49-50(55(59)61)52(46-36-40(6)54(66-46)44-32-34-48(58)64-44)60(56(49)62)38-42(28-24-18-14-10-4)30-26-22-20-16-12-8-2/h31-36,41-42H,7-30,37-38H2,1-6H3. The van der Waals surface area contributed by atoms with E-state index in [1.54, 1.807) is 45.3 Å². The third kappa shape index (κ3) is 14.2. The van der Waals surface area contributed by atoms with E-state index in [1.165, 1.54) is 159 Å². The Balaban J connectivity index is 1.46. The molecule has 6 rings (SSSR count). The molecule has 0 saturated heterocycles. The first-order valence-electron chi connectivity index (χ1n) is 26.0. The van der Waals surface area contributed by atoms with Gasteiger partial charge in [-0.2, -0.15) is 0 Å². The van der Waals surface area contributed by atoms with Crippen LogP contribution in [0.1, 0.15) is 203 Å². The lowest BCUT2D eigenvalue weighted by atomic mass is 9.93. The van der Waals surface area contributed by atoms with Gasteiger partial charge in [0.25, 0.3) is 11.8 Å². The van der Waals surface area contributed by atoms with Crippen LogP contribution < -0.4 is 0 Å². The van der Waals surface area contributed by atoms with Gasteiger partial charge < -0.3 is 9.80 Å². The second-order valence-corrected chi connectivity index (χ2v) is 26.3. The molecule has 10 heteroatoms. The van der Waals surface area contributed by atoms with Gasteiger partial charge in [-0.3, -0.25) is 9.59 Å². The molecular formula is C56H78Br2N2O2S4. The van der Waals surface area contributed by atoms with Gasteiger partial charge in [0.15, 0.2) is 0 Å². The zero-order valence-corrected chi connectivity index (χ0v) is 47.5. The van der Waals surface area contributed by atoms with Crippen LogP contribution in [0.4, 0.5) is 0 Å². The number of halogens is 2. The maximum atomic E-state index is 15.8. The van der Waals surface area contributed by atoms with E-state index in [-0.39, 0.29) is 11.8 Å². The summed E-state index contributed by atoms with van der Waals surface area (Å²) in [5.74, 6) is 0.822. The number of fused-ring (bicyclic) bond motifs is 1. The largest absolute Gasteiger partial charge is 0.306 e. The number of carbonyl (C=O) groups is 2. The molecule has 66 heavy (non-hydrogen) atoms. The van der Waals surface area contributed by atoms with Crippen LogP contribution in [0, 0.1) is 25.7 Å². The van der Waals surface area contributed by atoms with E-state index < -0.39 is 0 Å². The highest BCUT2D eigenvalue weighted by molar-refractivity contribution is 9.11. The van der Waals surface area contributed by atoms with Crippen molar-refractivity contribution in [2.24, 2.45) is 11.8 Å². The first kappa shape index (κ1) is 53.5. The molecule has 0 N–H and O–H groups in total. The van der Waals surface area contributed by atoms with Crippen molar-refractivity contribution in [2.45, 2.75) is 196 Å². The van der Waals surface area contributed by atoms with Gasteiger partial charge in [0.2, 0.25) is 0 Å². The zero-order chi connectivity index (χ0) is 47.0. The molecule has 2 aliphatic rings. The molecule has 0 spiro atoms. The van der Waals surface area contributed by atoms with Crippen molar-refractivity contribution < 1.29 is 9.59 Å². The van der Waals surface area contributed by atoms with Crippen LogP contribution in [0.3, 0.4) is 0 Å². The Morgan fingerprint density at radius 3 is 1.08 bits per heavy atom. The molecule has 2 unspecified atom stereocenters. The Bertz CT molecular complexity index is 2070. The molecule has 2 atom stereocenters. The number of unbranched alkanes of at least 4 members (excludes halogenated alkanes) is 16. The van der Waals surface area contributed by atoms with Crippen LogP contribution in [-0.2, 0) is 9.59 Å². The Morgan fingerprint density at radius 2 is 0.758 bits per heavy atom. The summed E-state index contributed by atoms with van der Waals surface area (Å²) in [5, 5.41) is 0. The summed E-state index contributed by atoms with van der Waals surface area (Å²) in [6.07, 6.45) is 29.5. The van der Waals surface area contributed by atoms with Crippen LogP contribution in [0.15, 0.2) is 55.1 Å². The molecule has 6 heterocycles. The Hall–Kier alpha value is -1.82. The minimum absolute atomic E-state index is 0.0284. The second-order valence-electron chi connectivity index (χ2n) is 19.3. The van der Waals surface area contributed by atoms with Crippen molar-refractivity contribution in [2.75, 3.05) is 13.1 Å². The van der Waals surface area contributed by atoms with Gasteiger partial charge in [0.05, 0.1) is 39.9 Å². The molecular weight excluding hydrogens is 1020 g/mol. The number of carbonyl (C=O) groups excluding carboxylic acids is 2. The van der Waals surface area contributed by atoms with Gasteiger partial charge in [-0.15, -0.1) is 45.3 Å². The van der Waals surface area contributed by atoms with Crippen LogP contribution in [0.5, 0.6) is 0 Å². The summed E-state index contributed by atoms with van der Waals surface area (Å²) in [7, 11) is 0. The van der Waals surface area contributed by atoms with E-state index in [1.807, 2.05) is 0 Å². The van der Waals surface area contributed by atoms with E-state index in [4.69, 9.17) is 0 Å². The lowest BCUT2D eigenvalue weighted by Crippen LogP contribution is -2.34. The molecule has 4 aromatic heterocycles. The average molecular weight is 1100 g/mol. The van der Waals surface area contributed by atoms with E-state index in [0.717, 1.165) is 54.4 Å². The van der Waals surface area contributed by atoms with E-state index in [2.05, 4.69) is 120 Å². The second kappa shape index (κ2) is 27.5. The fourth-order valence-corrected chi connectivity index (χ4v) is 15.7. The van der Waals surface area contributed by atoms with E-state index >= 15 is 9.59 Å². The van der Waals surface area contributed by atoms with E-state index in [0.29, 0.717) is 36.1 Å². The summed E-state index contributed by atoms with van der Waals surface area (Å²) in [6.45, 7) is 14.9. The van der Waals surface area contributed by atoms with Crippen LogP contribution in [0.25, 0.3) is 30.9 Å². The van der Waals surface area contributed by atoms with Gasteiger partial charge >= 0.3 is 0 Å². The fourth-order valence-electron chi connectivity index (χ4n) is 10.1. The Labute approximate surface area is 432 Å². The molecule has 362 valence electrons. The van der Waals surface area contributed by atoms with E-state index in [9.17, 15) is 0 Å². The van der Waals surface area contributed by atoms with Gasteiger partial charge in [-0.1, -0.05) is 156 Å². The van der Waals surface area contributed by atoms with Crippen LogP contribution in [0.2, 0.25) is 0 Å². The third-order valence-corrected chi connectivity index (χ3v) is 19.9. The van der Waals surface area contributed by atoms with Crippen molar-refractivity contribution in [1.82, 2.24) is 9.80 Å². The molecule has 0 aliphatic carbocycles. The van der Waals surface area contributed by atoms with Gasteiger partial charge in [-0.25, -0.2) is 0 Å². The third-order valence-electron chi connectivity index (χ3n) is 13.8. The predicted octanol–water partition coefficient (Wildman–Crippen LogP) is 19.9. The Kier molecular flexibility index (Phi) is 22.3. The number of nitrogens with zero attached hydrogens (tertiary/aromatic N) is 2. The summed E-state index contributed by atoms with van der Waals surface area (Å²) in [5.41, 5.74) is 5.41. The molecule has 0 radical (unpaired) electrons. The number of hydrogen-bond acceptors (Lipinski definition) is 6. The van der Waals surface area contributed by atoms with Crippen molar-refractivity contribution in [1.29, 1.82) is 0 Å². The lowest BCUT2D eigenvalue weighted by Gasteiger charge is -2.29. The highest BCUT2D eigenvalue weighted by Crippen LogP contribution is 2.52. The number of amides is 2. The normalized spacial score (nSPS) is 15.1. The average Bonchev–Trinajstić information content (AvgIpc) is 4.17. The summed E-state index contributed by atoms with van der Waals surface area (Å²) >= 11 is 14.4. The van der Waals surface area contributed by atoms with Crippen LogP contribution >= 0.6 is 77.2 Å². The Morgan fingerprint density at radius 1 is 0.439 bits per heavy atom. The summed E-state index contributed by atoms with van der Waals surface area (Å²) in [4.78, 5) is 42.8. The maximum Gasteiger partial charge on any atom is 0.261 e. The van der Waals surface area contributed by atoms with Crippen molar-refractivity contribution in [3.63, 3.8) is 0 Å². The lowest BCUT2D eigenvalue weighted by molar-refractivity contribution is -0.124. The van der Waals surface area contributed by atoms with Gasteiger partial charge in [0.1, 0.15) is 0 Å². The molecule has 0 saturated carbocycles. The summed E-state index contributed by atoms with van der Waals surface area (Å²) in [6, 6.07) is 13.2. The minimum Gasteiger partial charge on any atom is -0.306 e. The van der Waals surface area contributed by atoms with Crippen molar-refractivity contribution in [3.8, 4) is 19.5 Å². The molecule has 0 fully saturated rings. The summed E-state index contributed by atoms with van der Waals surface area (Å²) < 4.78 is 2.21. The molecule has 0 bridgehead atoms. The number of rotatable bonds is 32. The SMILES string of the molecule is CCCCCCCCC(CCCCCC)CN1C(=O)C2=C(c3cc(C)c(-c4ccc(Br)s4)s3)N(CC(CCCCCC)CCCCCCCC)C(=O)C2=C1c1cc(C)c(-c2ccc(Br)s2)s1. The first-order chi connectivity index (χ1) is 32.1. The molecule has 4 nitrogen and oxygen atoms in total. The topological polar surface area (TPSA) is 40.6 Å². The number of aryl methyl sites for hydroxylation is 2. The van der Waals surface area contributed by atoms with Crippen molar-refractivity contribution in [3.05, 3.63) is 76.0 Å². The highest BCUT2D eigenvalue weighted by atomic mass is 79.9.